The molecule has 1 aromatic heterocycles. The van der Waals surface area contributed by atoms with E-state index in [0.717, 1.165) is 27.8 Å². The minimum absolute atomic E-state index is 0.300. The standard InChI is InChI=1S/C15H12BrFN2S/c1-8-3-4-9(2)13(5-8)19-14-7-11(17)10(16)6-12(14)18-15(19)20/h3-7H,1-2H3,(H,18,20). The maximum Gasteiger partial charge on any atom is 0.182 e. The Kier molecular flexibility index (Phi) is 3.26. The van der Waals surface area contributed by atoms with Crippen LogP contribution in [0.1, 0.15) is 11.1 Å². The summed E-state index contributed by atoms with van der Waals surface area (Å²) in [5, 5.41) is 0. The third-order valence-electron chi connectivity index (χ3n) is 3.33. The molecule has 0 atom stereocenters. The van der Waals surface area contributed by atoms with Crippen LogP contribution in [0.3, 0.4) is 0 Å². The minimum atomic E-state index is -0.300. The van der Waals surface area contributed by atoms with Crippen molar-refractivity contribution in [3.8, 4) is 5.69 Å². The number of aryl methyl sites for hydroxylation is 2. The molecular formula is C15H12BrFN2S. The first-order valence-corrected chi connectivity index (χ1v) is 7.35. The molecule has 0 aliphatic rings. The van der Waals surface area contributed by atoms with Crippen molar-refractivity contribution in [2.24, 2.45) is 0 Å². The largest absolute Gasteiger partial charge is 0.330 e. The van der Waals surface area contributed by atoms with Crippen LogP contribution in [0, 0.1) is 24.4 Å². The summed E-state index contributed by atoms with van der Waals surface area (Å²) in [5.41, 5.74) is 4.76. The van der Waals surface area contributed by atoms with Crippen LogP contribution in [-0.4, -0.2) is 9.55 Å². The highest BCUT2D eigenvalue weighted by Crippen LogP contribution is 2.27. The van der Waals surface area contributed by atoms with Crippen molar-refractivity contribution in [3.05, 3.63) is 56.5 Å². The van der Waals surface area contributed by atoms with Crippen LogP contribution in [0.2, 0.25) is 0 Å². The normalized spacial score (nSPS) is 11.2. The second-order valence-electron chi connectivity index (χ2n) is 4.84. The average Bonchev–Trinajstić information content (AvgIpc) is 2.69. The molecule has 0 bridgehead atoms. The summed E-state index contributed by atoms with van der Waals surface area (Å²) < 4.78 is 16.7. The number of benzene rings is 2. The molecule has 0 unspecified atom stereocenters. The molecule has 2 aromatic carbocycles. The van der Waals surface area contributed by atoms with Gasteiger partial charge in [-0.2, -0.15) is 0 Å². The van der Waals surface area contributed by atoms with Gasteiger partial charge in [-0.1, -0.05) is 12.1 Å². The van der Waals surface area contributed by atoms with Crippen LogP contribution in [0.5, 0.6) is 0 Å². The molecule has 1 heterocycles. The lowest BCUT2D eigenvalue weighted by molar-refractivity contribution is 0.622. The Bertz CT molecular complexity index is 879. The van der Waals surface area contributed by atoms with Gasteiger partial charge in [-0.05, 0) is 65.3 Å². The van der Waals surface area contributed by atoms with E-state index in [0.29, 0.717) is 9.24 Å². The number of imidazole rings is 1. The van der Waals surface area contributed by atoms with Crippen LogP contribution in [-0.2, 0) is 0 Å². The van der Waals surface area contributed by atoms with Gasteiger partial charge in [0.1, 0.15) is 5.82 Å². The highest BCUT2D eigenvalue weighted by Gasteiger charge is 2.12. The fourth-order valence-electron chi connectivity index (χ4n) is 2.30. The SMILES string of the molecule is Cc1ccc(C)c(-n2c(=S)[nH]c3cc(Br)c(F)cc32)c1. The molecule has 3 rings (SSSR count). The number of hydrogen-bond acceptors (Lipinski definition) is 1. The van der Waals surface area contributed by atoms with Gasteiger partial charge in [-0.15, -0.1) is 0 Å². The predicted octanol–water partition coefficient (Wildman–Crippen LogP) is 5.21. The van der Waals surface area contributed by atoms with E-state index in [2.05, 4.69) is 33.0 Å². The van der Waals surface area contributed by atoms with Crippen LogP contribution in [0.4, 0.5) is 4.39 Å². The summed E-state index contributed by atoms with van der Waals surface area (Å²) >= 11 is 8.59. The molecule has 5 heteroatoms. The molecule has 0 aliphatic heterocycles. The summed E-state index contributed by atoms with van der Waals surface area (Å²) in [6, 6.07) is 9.35. The minimum Gasteiger partial charge on any atom is -0.330 e. The lowest BCUT2D eigenvalue weighted by Gasteiger charge is -2.09. The summed E-state index contributed by atoms with van der Waals surface area (Å²) in [7, 11) is 0. The zero-order valence-corrected chi connectivity index (χ0v) is 13.4. The maximum absolute atomic E-state index is 13.8. The fraction of sp³-hybridized carbons (Fsp3) is 0.133. The van der Waals surface area contributed by atoms with Gasteiger partial charge >= 0.3 is 0 Å². The Hall–Kier alpha value is -1.46. The Balaban J connectivity index is 2.42. The predicted molar refractivity (Wildman–Crippen MR) is 85.6 cm³/mol. The molecule has 0 amide bonds. The Morgan fingerprint density at radius 1 is 1.20 bits per heavy atom. The van der Waals surface area contributed by atoms with Crippen molar-refractivity contribution in [3.63, 3.8) is 0 Å². The molecule has 0 radical (unpaired) electrons. The van der Waals surface area contributed by atoms with E-state index in [4.69, 9.17) is 12.2 Å². The number of aromatic nitrogens is 2. The number of nitrogens with one attached hydrogen (secondary N) is 1. The van der Waals surface area contributed by atoms with E-state index in [1.807, 2.05) is 24.5 Å². The van der Waals surface area contributed by atoms with Gasteiger partial charge < -0.3 is 4.98 Å². The van der Waals surface area contributed by atoms with Crippen molar-refractivity contribution in [2.75, 3.05) is 0 Å². The van der Waals surface area contributed by atoms with Gasteiger partial charge in [0.2, 0.25) is 0 Å². The molecule has 2 nitrogen and oxygen atoms in total. The molecule has 0 saturated carbocycles. The highest BCUT2D eigenvalue weighted by molar-refractivity contribution is 9.10. The maximum atomic E-state index is 13.8. The van der Waals surface area contributed by atoms with Crippen molar-refractivity contribution < 1.29 is 4.39 Å². The van der Waals surface area contributed by atoms with Gasteiger partial charge in [0.25, 0.3) is 0 Å². The van der Waals surface area contributed by atoms with Crippen molar-refractivity contribution in [1.82, 2.24) is 9.55 Å². The number of nitrogens with zero attached hydrogens (tertiary/aromatic N) is 1. The first-order chi connectivity index (χ1) is 9.47. The zero-order valence-electron chi connectivity index (χ0n) is 11.0. The van der Waals surface area contributed by atoms with Crippen molar-refractivity contribution in [2.45, 2.75) is 13.8 Å². The third kappa shape index (κ3) is 2.11. The van der Waals surface area contributed by atoms with Gasteiger partial charge in [0, 0.05) is 6.07 Å². The summed E-state index contributed by atoms with van der Waals surface area (Å²) in [4.78, 5) is 3.12. The Labute approximate surface area is 129 Å². The summed E-state index contributed by atoms with van der Waals surface area (Å²) in [6.07, 6.45) is 0. The van der Waals surface area contributed by atoms with Crippen molar-refractivity contribution >= 4 is 39.2 Å². The van der Waals surface area contributed by atoms with Crippen LogP contribution in [0.25, 0.3) is 16.7 Å². The number of fused-ring (bicyclic) bond motifs is 1. The average molecular weight is 351 g/mol. The first kappa shape index (κ1) is 13.5. The molecule has 3 aromatic rings. The number of hydrogen-bond donors (Lipinski definition) is 1. The fourth-order valence-corrected chi connectivity index (χ4v) is 2.95. The van der Waals surface area contributed by atoms with Gasteiger partial charge in [-0.3, -0.25) is 4.57 Å². The topological polar surface area (TPSA) is 20.7 Å². The lowest BCUT2D eigenvalue weighted by atomic mass is 10.1. The Morgan fingerprint density at radius 2 is 1.95 bits per heavy atom. The summed E-state index contributed by atoms with van der Waals surface area (Å²) in [6.45, 7) is 4.04. The van der Waals surface area contributed by atoms with Gasteiger partial charge in [0.05, 0.1) is 21.2 Å². The van der Waals surface area contributed by atoms with Crippen LogP contribution < -0.4 is 0 Å². The number of H-pyrrole nitrogens is 1. The van der Waals surface area contributed by atoms with Gasteiger partial charge in [-0.25, -0.2) is 4.39 Å². The highest BCUT2D eigenvalue weighted by atomic mass is 79.9. The molecule has 0 aliphatic carbocycles. The van der Waals surface area contributed by atoms with E-state index in [1.165, 1.54) is 6.07 Å². The number of halogens is 2. The smallest absolute Gasteiger partial charge is 0.182 e. The molecule has 1 N–H and O–H groups in total. The first-order valence-electron chi connectivity index (χ1n) is 6.15. The number of rotatable bonds is 1. The second-order valence-corrected chi connectivity index (χ2v) is 6.08. The van der Waals surface area contributed by atoms with Crippen molar-refractivity contribution in [1.29, 1.82) is 0 Å². The zero-order chi connectivity index (χ0) is 14.4. The quantitative estimate of drug-likeness (QED) is 0.597. The van der Waals surface area contributed by atoms with Crippen LogP contribution in [0.15, 0.2) is 34.8 Å². The van der Waals surface area contributed by atoms with Gasteiger partial charge in [0.15, 0.2) is 4.77 Å². The second kappa shape index (κ2) is 4.82. The molecule has 0 fully saturated rings. The van der Waals surface area contributed by atoms with E-state index in [1.54, 1.807) is 6.07 Å². The molecular weight excluding hydrogens is 339 g/mol. The monoisotopic (exact) mass is 350 g/mol. The lowest BCUT2D eigenvalue weighted by Crippen LogP contribution is -1.98. The molecule has 0 spiro atoms. The Morgan fingerprint density at radius 3 is 2.70 bits per heavy atom. The van der Waals surface area contributed by atoms with E-state index in [9.17, 15) is 4.39 Å². The van der Waals surface area contributed by atoms with E-state index < -0.39 is 0 Å². The van der Waals surface area contributed by atoms with Crippen LogP contribution >= 0.6 is 28.1 Å². The molecule has 0 saturated heterocycles. The molecule has 102 valence electrons. The van der Waals surface area contributed by atoms with E-state index >= 15 is 0 Å². The van der Waals surface area contributed by atoms with E-state index in [-0.39, 0.29) is 5.82 Å². The molecule has 20 heavy (non-hydrogen) atoms. The summed E-state index contributed by atoms with van der Waals surface area (Å²) in [5.74, 6) is -0.300. The third-order valence-corrected chi connectivity index (χ3v) is 4.22. The number of aromatic amines is 1.